The van der Waals surface area contributed by atoms with Gasteiger partial charge in [0, 0.05) is 35.1 Å². The molecular formula is C17H18N6O3. The van der Waals surface area contributed by atoms with Crippen molar-refractivity contribution in [3.8, 4) is 22.9 Å². The van der Waals surface area contributed by atoms with E-state index in [4.69, 9.17) is 15.2 Å². The van der Waals surface area contributed by atoms with E-state index in [1.54, 1.807) is 56.7 Å². The first-order chi connectivity index (χ1) is 12.6. The van der Waals surface area contributed by atoms with Crippen LogP contribution in [0.3, 0.4) is 0 Å². The Labute approximate surface area is 149 Å². The lowest BCUT2D eigenvalue weighted by Crippen LogP contribution is -2.20. The Bertz CT molecular complexity index is 885. The van der Waals surface area contributed by atoms with E-state index in [9.17, 15) is 4.79 Å². The minimum Gasteiger partial charge on any atom is -0.497 e. The number of aromatic nitrogens is 4. The summed E-state index contributed by atoms with van der Waals surface area (Å²) in [6, 6.07) is 12.2. The maximum Gasteiger partial charge on any atom is 0.248 e. The van der Waals surface area contributed by atoms with Crippen molar-refractivity contribution in [2.24, 2.45) is 0 Å². The van der Waals surface area contributed by atoms with E-state index in [1.807, 2.05) is 0 Å². The van der Waals surface area contributed by atoms with Gasteiger partial charge in [0.1, 0.15) is 18.0 Å². The number of amides is 1. The normalized spacial score (nSPS) is 10.4. The molecular weight excluding hydrogens is 336 g/mol. The average Bonchev–Trinajstić information content (AvgIpc) is 3.10. The third-order valence-electron chi connectivity index (χ3n) is 3.54. The van der Waals surface area contributed by atoms with E-state index in [-0.39, 0.29) is 12.5 Å². The van der Waals surface area contributed by atoms with E-state index in [2.05, 4.69) is 20.7 Å². The quantitative estimate of drug-likeness (QED) is 0.645. The maximum atomic E-state index is 12.2. The molecule has 134 valence electrons. The predicted molar refractivity (Wildman–Crippen MR) is 95.8 cm³/mol. The van der Waals surface area contributed by atoms with E-state index in [0.29, 0.717) is 28.7 Å². The van der Waals surface area contributed by atoms with Crippen molar-refractivity contribution in [1.82, 2.24) is 20.2 Å². The van der Waals surface area contributed by atoms with Crippen LogP contribution < -0.4 is 20.5 Å². The highest BCUT2D eigenvalue weighted by molar-refractivity contribution is 5.90. The standard InChI is InChI=1S/C17H18N6O3/c1-25-14-7-13(8-15(9-14)26-2)19-16(24)10-23-21-17(20-22-23)11-3-5-12(18)6-4-11/h3-9H,10,18H2,1-2H3,(H,19,24). The molecule has 0 spiro atoms. The van der Waals surface area contributed by atoms with Crippen LogP contribution in [-0.2, 0) is 11.3 Å². The summed E-state index contributed by atoms with van der Waals surface area (Å²) in [5.74, 6) is 1.26. The molecule has 0 saturated carbocycles. The van der Waals surface area contributed by atoms with Gasteiger partial charge in [0.2, 0.25) is 11.7 Å². The number of nitrogens with zero attached hydrogens (tertiary/aromatic N) is 4. The summed E-state index contributed by atoms with van der Waals surface area (Å²) >= 11 is 0. The molecule has 1 heterocycles. The zero-order valence-electron chi connectivity index (χ0n) is 14.3. The molecule has 2 aromatic carbocycles. The Morgan fingerprint density at radius 1 is 1.12 bits per heavy atom. The molecule has 26 heavy (non-hydrogen) atoms. The monoisotopic (exact) mass is 354 g/mol. The minimum absolute atomic E-state index is 0.0818. The van der Waals surface area contributed by atoms with Gasteiger partial charge in [-0.25, -0.2) is 0 Å². The number of benzene rings is 2. The smallest absolute Gasteiger partial charge is 0.248 e. The zero-order valence-corrected chi connectivity index (χ0v) is 14.3. The summed E-state index contributed by atoms with van der Waals surface area (Å²) in [4.78, 5) is 13.5. The van der Waals surface area contributed by atoms with Crippen molar-refractivity contribution in [2.75, 3.05) is 25.3 Å². The maximum absolute atomic E-state index is 12.2. The van der Waals surface area contributed by atoms with Gasteiger partial charge in [-0.1, -0.05) is 0 Å². The van der Waals surface area contributed by atoms with Gasteiger partial charge in [0.05, 0.1) is 14.2 Å². The number of nitrogens with two attached hydrogens (primary N) is 1. The van der Waals surface area contributed by atoms with Crippen LogP contribution in [0.5, 0.6) is 11.5 Å². The van der Waals surface area contributed by atoms with Crippen LogP contribution in [-0.4, -0.2) is 40.3 Å². The third-order valence-corrected chi connectivity index (χ3v) is 3.54. The summed E-state index contributed by atoms with van der Waals surface area (Å²) in [7, 11) is 3.08. The lowest BCUT2D eigenvalue weighted by Gasteiger charge is -2.09. The molecule has 0 saturated heterocycles. The third kappa shape index (κ3) is 4.07. The fourth-order valence-electron chi connectivity index (χ4n) is 2.27. The molecule has 0 fully saturated rings. The van der Waals surface area contributed by atoms with E-state index >= 15 is 0 Å². The summed E-state index contributed by atoms with van der Waals surface area (Å²) in [6.45, 7) is -0.0818. The number of anilines is 2. The van der Waals surface area contributed by atoms with Crippen molar-refractivity contribution < 1.29 is 14.3 Å². The van der Waals surface area contributed by atoms with Gasteiger partial charge in [-0.3, -0.25) is 4.79 Å². The summed E-state index contributed by atoms with van der Waals surface area (Å²) in [5, 5.41) is 14.8. The number of hydrogen-bond acceptors (Lipinski definition) is 7. The number of methoxy groups -OCH3 is 2. The van der Waals surface area contributed by atoms with Crippen molar-refractivity contribution in [3.63, 3.8) is 0 Å². The second-order valence-electron chi connectivity index (χ2n) is 5.41. The molecule has 0 unspecified atom stereocenters. The molecule has 0 radical (unpaired) electrons. The SMILES string of the molecule is COc1cc(NC(=O)Cn2nnc(-c3ccc(N)cc3)n2)cc(OC)c1. The van der Waals surface area contributed by atoms with Crippen molar-refractivity contribution in [2.45, 2.75) is 6.54 Å². The molecule has 3 aromatic rings. The lowest BCUT2D eigenvalue weighted by atomic mass is 10.2. The van der Waals surface area contributed by atoms with Crippen LogP contribution in [0, 0.1) is 0 Å². The largest absolute Gasteiger partial charge is 0.497 e. The molecule has 3 rings (SSSR count). The van der Waals surface area contributed by atoms with E-state index in [1.165, 1.54) is 4.80 Å². The number of carbonyl (C=O) groups excluding carboxylic acids is 1. The Kier molecular flexibility index (Phi) is 4.97. The molecule has 9 heteroatoms. The first kappa shape index (κ1) is 17.2. The van der Waals surface area contributed by atoms with Crippen LogP contribution >= 0.6 is 0 Å². The topological polar surface area (TPSA) is 117 Å². The zero-order chi connectivity index (χ0) is 18.5. The van der Waals surface area contributed by atoms with E-state index < -0.39 is 0 Å². The molecule has 3 N–H and O–H groups in total. The van der Waals surface area contributed by atoms with Crippen LogP contribution in [0.1, 0.15) is 0 Å². The molecule has 0 aliphatic heterocycles. The second kappa shape index (κ2) is 7.51. The summed E-state index contributed by atoms with van der Waals surface area (Å²) in [5.41, 5.74) is 7.62. The van der Waals surface area contributed by atoms with Crippen molar-refractivity contribution in [3.05, 3.63) is 42.5 Å². The number of hydrogen-bond donors (Lipinski definition) is 2. The Hall–Kier alpha value is -3.62. The van der Waals surface area contributed by atoms with Crippen molar-refractivity contribution in [1.29, 1.82) is 0 Å². The number of tetrazole rings is 1. The molecule has 0 bridgehead atoms. The summed E-state index contributed by atoms with van der Waals surface area (Å²) in [6.07, 6.45) is 0. The Morgan fingerprint density at radius 3 is 2.38 bits per heavy atom. The van der Waals surface area contributed by atoms with Crippen LogP contribution in [0.25, 0.3) is 11.4 Å². The highest BCUT2D eigenvalue weighted by Crippen LogP contribution is 2.25. The van der Waals surface area contributed by atoms with Crippen molar-refractivity contribution >= 4 is 17.3 Å². The average molecular weight is 354 g/mol. The number of nitrogens with one attached hydrogen (secondary N) is 1. The minimum atomic E-state index is -0.304. The highest BCUT2D eigenvalue weighted by atomic mass is 16.5. The van der Waals surface area contributed by atoms with Gasteiger partial charge in [0.15, 0.2) is 0 Å². The number of nitrogen functional groups attached to an aromatic ring is 1. The van der Waals surface area contributed by atoms with Gasteiger partial charge in [-0.15, -0.1) is 10.2 Å². The highest BCUT2D eigenvalue weighted by Gasteiger charge is 2.11. The van der Waals surface area contributed by atoms with Gasteiger partial charge in [-0.05, 0) is 29.5 Å². The van der Waals surface area contributed by atoms with Crippen LogP contribution in [0.4, 0.5) is 11.4 Å². The molecule has 9 nitrogen and oxygen atoms in total. The number of rotatable bonds is 6. The van der Waals surface area contributed by atoms with E-state index in [0.717, 1.165) is 5.56 Å². The van der Waals surface area contributed by atoms with Gasteiger partial charge in [-0.2, -0.15) is 4.80 Å². The number of ether oxygens (including phenoxy) is 2. The molecule has 1 amide bonds. The fraction of sp³-hybridized carbons (Fsp3) is 0.176. The van der Waals surface area contributed by atoms with Gasteiger partial charge < -0.3 is 20.5 Å². The Balaban J connectivity index is 1.68. The van der Waals surface area contributed by atoms with Gasteiger partial charge >= 0.3 is 0 Å². The second-order valence-corrected chi connectivity index (χ2v) is 5.41. The van der Waals surface area contributed by atoms with Gasteiger partial charge in [0.25, 0.3) is 0 Å². The van der Waals surface area contributed by atoms with Crippen LogP contribution in [0.15, 0.2) is 42.5 Å². The molecule has 0 aliphatic rings. The first-order valence-corrected chi connectivity index (χ1v) is 7.74. The molecule has 0 atom stereocenters. The molecule has 0 aliphatic carbocycles. The predicted octanol–water partition coefficient (Wildman–Crippen LogP) is 1.58. The molecule has 1 aromatic heterocycles. The lowest BCUT2D eigenvalue weighted by molar-refractivity contribution is -0.117. The van der Waals surface area contributed by atoms with Crippen LogP contribution in [0.2, 0.25) is 0 Å². The number of carbonyl (C=O) groups is 1. The fourth-order valence-corrected chi connectivity index (χ4v) is 2.27. The summed E-state index contributed by atoms with van der Waals surface area (Å²) < 4.78 is 10.4. The Morgan fingerprint density at radius 2 is 1.77 bits per heavy atom. The first-order valence-electron chi connectivity index (χ1n) is 7.74.